The van der Waals surface area contributed by atoms with Gasteiger partial charge in [0, 0.05) is 16.7 Å². The summed E-state index contributed by atoms with van der Waals surface area (Å²) in [5, 5.41) is 7.35. The summed E-state index contributed by atoms with van der Waals surface area (Å²) in [4.78, 5) is 35.7. The standard InChI is InChI=1S/C11H12N4O4S.C11H11NO5S/c1-19-15-8-5-20(17,18)9-4-6(2-3-7(8)9)10(16)14-11(12)13;1-16-11(13)7-3-4-8-9(12-17-2)6-18(14,15)10(8)5-7/h2-4H,5H2,1H3,(H4,12,13,14,16);3-5H,6H2,1-2H3. The molecule has 4 rings (SSSR count). The molecular weight excluding hydrogens is 542 g/mol. The minimum atomic E-state index is -3.54. The number of sulfone groups is 2. The van der Waals surface area contributed by atoms with Crippen molar-refractivity contribution in [3.05, 3.63) is 58.7 Å². The molecule has 2 heterocycles. The van der Waals surface area contributed by atoms with Crippen molar-refractivity contribution in [3.63, 3.8) is 0 Å². The molecule has 0 fully saturated rings. The van der Waals surface area contributed by atoms with Crippen LogP contribution in [0.25, 0.3) is 0 Å². The first-order chi connectivity index (χ1) is 17.8. The van der Waals surface area contributed by atoms with E-state index in [0.717, 1.165) is 0 Å². The molecule has 0 spiro atoms. The third-order valence-electron chi connectivity index (χ3n) is 5.21. The molecule has 0 aromatic heterocycles. The van der Waals surface area contributed by atoms with Gasteiger partial charge in [0.2, 0.25) is 0 Å². The lowest BCUT2D eigenvalue weighted by Gasteiger charge is -2.02. The van der Waals surface area contributed by atoms with E-state index >= 15 is 0 Å². The third kappa shape index (κ3) is 5.81. The highest BCUT2D eigenvalue weighted by molar-refractivity contribution is 7.93. The summed E-state index contributed by atoms with van der Waals surface area (Å²) in [7, 11) is -3.08. The highest BCUT2D eigenvalue weighted by Crippen LogP contribution is 2.29. The Morgan fingerprint density at radius 2 is 1.21 bits per heavy atom. The fourth-order valence-electron chi connectivity index (χ4n) is 3.64. The Kier molecular flexibility index (Phi) is 8.16. The number of guanidine groups is 1. The van der Waals surface area contributed by atoms with Crippen molar-refractivity contribution in [2.24, 2.45) is 26.8 Å². The molecule has 0 atom stereocenters. The second-order valence-corrected chi connectivity index (χ2v) is 11.6. The monoisotopic (exact) mass is 565 g/mol. The number of esters is 1. The first-order valence-corrected chi connectivity index (χ1v) is 13.8. The van der Waals surface area contributed by atoms with Gasteiger partial charge in [-0.25, -0.2) is 21.6 Å². The lowest BCUT2D eigenvalue weighted by molar-refractivity contribution is 0.0600. The smallest absolute Gasteiger partial charge is 0.337 e. The highest BCUT2D eigenvalue weighted by Gasteiger charge is 2.34. The number of aliphatic imine (C=N–C) groups is 1. The number of fused-ring (bicyclic) bond motifs is 2. The number of ether oxygens (including phenoxy) is 1. The minimum absolute atomic E-state index is 0.0185. The van der Waals surface area contributed by atoms with E-state index in [2.05, 4.69) is 29.7 Å². The maximum Gasteiger partial charge on any atom is 0.337 e. The molecule has 4 N–H and O–H groups in total. The number of carbonyl (C=O) groups is 2. The Bertz CT molecular complexity index is 1610. The Hall–Kier alpha value is -4.31. The van der Waals surface area contributed by atoms with Crippen LogP contribution < -0.4 is 11.5 Å². The van der Waals surface area contributed by atoms with Gasteiger partial charge in [0.1, 0.15) is 37.1 Å². The van der Waals surface area contributed by atoms with Gasteiger partial charge in [-0.1, -0.05) is 22.4 Å². The summed E-state index contributed by atoms with van der Waals surface area (Å²) in [5.74, 6) is -2.16. The van der Waals surface area contributed by atoms with Crippen LogP contribution in [0.2, 0.25) is 0 Å². The fourth-order valence-corrected chi connectivity index (χ4v) is 6.74. The number of hydrogen-bond donors (Lipinski definition) is 2. The first-order valence-electron chi connectivity index (χ1n) is 10.5. The average Bonchev–Trinajstić information content (AvgIpc) is 3.27. The van der Waals surface area contributed by atoms with Crippen LogP contribution in [-0.4, -0.2) is 78.9 Å². The van der Waals surface area contributed by atoms with Crippen LogP contribution >= 0.6 is 0 Å². The van der Waals surface area contributed by atoms with Crippen LogP contribution in [0.5, 0.6) is 0 Å². The van der Waals surface area contributed by atoms with Crippen molar-refractivity contribution >= 4 is 48.9 Å². The molecule has 202 valence electrons. The number of rotatable bonds is 4. The number of amides is 1. The van der Waals surface area contributed by atoms with Crippen molar-refractivity contribution in [2.75, 3.05) is 32.8 Å². The molecule has 2 aliphatic rings. The van der Waals surface area contributed by atoms with E-state index in [1.54, 1.807) is 0 Å². The third-order valence-corrected chi connectivity index (χ3v) is 8.53. The number of methoxy groups -OCH3 is 1. The van der Waals surface area contributed by atoms with Crippen molar-refractivity contribution in [1.82, 2.24) is 0 Å². The lowest BCUT2D eigenvalue weighted by atomic mass is 10.1. The van der Waals surface area contributed by atoms with Crippen molar-refractivity contribution in [2.45, 2.75) is 9.79 Å². The zero-order valence-electron chi connectivity index (χ0n) is 20.4. The van der Waals surface area contributed by atoms with Gasteiger partial charge in [-0.2, -0.15) is 4.99 Å². The summed E-state index contributed by atoms with van der Waals surface area (Å²) < 4.78 is 52.4. The minimum Gasteiger partial charge on any atom is -0.465 e. The Morgan fingerprint density at radius 3 is 1.63 bits per heavy atom. The van der Waals surface area contributed by atoms with Gasteiger partial charge in [-0.15, -0.1) is 0 Å². The van der Waals surface area contributed by atoms with E-state index in [1.807, 2.05) is 0 Å². The molecule has 1 amide bonds. The number of carbonyl (C=O) groups excluding carboxylic acids is 2. The van der Waals surface area contributed by atoms with E-state index in [-0.39, 0.29) is 38.4 Å². The quantitative estimate of drug-likeness (QED) is 0.215. The topological polar surface area (TPSA) is 219 Å². The largest absolute Gasteiger partial charge is 0.465 e. The summed E-state index contributed by atoms with van der Waals surface area (Å²) in [6.45, 7) is 0. The van der Waals surface area contributed by atoms with Crippen LogP contribution in [0.15, 0.2) is 61.5 Å². The molecule has 14 nitrogen and oxygen atoms in total. The van der Waals surface area contributed by atoms with Gasteiger partial charge in [0.05, 0.1) is 22.5 Å². The predicted molar refractivity (Wildman–Crippen MR) is 136 cm³/mol. The van der Waals surface area contributed by atoms with Crippen LogP contribution in [0, 0.1) is 0 Å². The van der Waals surface area contributed by atoms with Crippen LogP contribution in [0.3, 0.4) is 0 Å². The Balaban J connectivity index is 0.000000212. The molecule has 16 heteroatoms. The van der Waals surface area contributed by atoms with Crippen LogP contribution in [-0.2, 0) is 34.1 Å². The van der Waals surface area contributed by atoms with Gasteiger partial charge in [0.25, 0.3) is 5.91 Å². The van der Waals surface area contributed by atoms with Crippen molar-refractivity contribution in [1.29, 1.82) is 0 Å². The van der Waals surface area contributed by atoms with Gasteiger partial charge in [-0.05, 0) is 24.3 Å². The molecule has 0 unspecified atom stereocenters. The number of nitrogens with two attached hydrogens (primary N) is 2. The fraction of sp³-hybridized carbons (Fsp3) is 0.227. The Labute approximate surface area is 217 Å². The number of benzene rings is 2. The molecule has 0 aliphatic carbocycles. The van der Waals surface area contributed by atoms with Gasteiger partial charge < -0.3 is 25.9 Å². The SMILES string of the molecule is CON=C1CS(=O)(=O)c2cc(C(=O)N=C(N)N)ccc21.CON=C1CS(=O)(=O)c2cc(C(=O)OC)ccc21. The lowest BCUT2D eigenvalue weighted by Crippen LogP contribution is -2.24. The van der Waals surface area contributed by atoms with E-state index in [4.69, 9.17) is 11.5 Å². The molecule has 0 radical (unpaired) electrons. The normalized spacial score (nSPS) is 18.0. The summed E-state index contributed by atoms with van der Waals surface area (Å²) >= 11 is 0. The number of nitrogens with zero attached hydrogens (tertiary/aromatic N) is 3. The molecule has 2 aromatic carbocycles. The van der Waals surface area contributed by atoms with Crippen LogP contribution in [0.1, 0.15) is 31.8 Å². The maximum absolute atomic E-state index is 12.0. The molecule has 2 aromatic rings. The Morgan fingerprint density at radius 1 is 0.763 bits per heavy atom. The summed E-state index contributed by atoms with van der Waals surface area (Å²) in [6, 6.07) is 8.47. The number of hydrogen-bond acceptors (Lipinski definition) is 11. The molecular formula is C22H23N5O9S2. The second-order valence-electron chi connectivity index (χ2n) is 7.71. The molecule has 0 saturated carbocycles. The van der Waals surface area contributed by atoms with E-state index in [0.29, 0.717) is 22.6 Å². The van der Waals surface area contributed by atoms with E-state index in [1.165, 1.54) is 57.7 Å². The van der Waals surface area contributed by atoms with Crippen molar-refractivity contribution in [3.8, 4) is 0 Å². The molecule has 2 aliphatic heterocycles. The first kappa shape index (κ1) is 28.3. The van der Waals surface area contributed by atoms with E-state index in [9.17, 15) is 26.4 Å². The van der Waals surface area contributed by atoms with Gasteiger partial charge in [-0.3, -0.25) is 4.79 Å². The zero-order chi connectivity index (χ0) is 28.3. The van der Waals surface area contributed by atoms with Crippen LogP contribution in [0.4, 0.5) is 0 Å². The van der Waals surface area contributed by atoms with Gasteiger partial charge >= 0.3 is 5.97 Å². The maximum atomic E-state index is 12.0. The summed E-state index contributed by atoms with van der Waals surface area (Å²) in [6.07, 6.45) is 0. The zero-order valence-corrected chi connectivity index (χ0v) is 22.0. The van der Waals surface area contributed by atoms with Gasteiger partial charge in [0.15, 0.2) is 25.6 Å². The summed E-state index contributed by atoms with van der Waals surface area (Å²) in [5.41, 5.74) is 12.0. The average molecular weight is 566 g/mol. The second kappa shape index (κ2) is 11.0. The molecule has 0 saturated heterocycles. The predicted octanol–water partition coefficient (Wildman–Crippen LogP) is -0.151. The molecule has 38 heavy (non-hydrogen) atoms. The van der Waals surface area contributed by atoms with Crippen molar-refractivity contribution < 1.29 is 40.8 Å². The highest BCUT2D eigenvalue weighted by atomic mass is 32.2. The number of oxime groups is 2. The molecule has 0 bridgehead atoms. The van der Waals surface area contributed by atoms with E-state index < -0.39 is 31.6 Å².